The van der Waals surface area contributed by atoms with Crippen LogP contribution in [0.3, 0.4) is 0 Å². The van der Waals surface area contributed by atoms with Crippen molar-refractivity contribution in [3.63, 3.8) is 0 Å². The number of carbonyl (C=O) groups is 2. The molecule has 1 aliphatic heterocycles. The lowest BCUT2D eigenvalue weighted by molar-refractivity contribution is -0.132. The van der Waals surface area contributed by atoms with Crippen LogP contribution in [-0.4, -0.2) is 27.0 Å². The Bertz CT molecular complexity index is 1890. The summed E-state index contributed by atoms with van der Waals surface area (Å²) in [5.74, 6) is -0.581. The molecule has 10 heteroatoms. The molecule has 2 heterocycles. The topological polar surface area (TPSA) is 92.6 Å². The van der Waals surface area contributed by atoms with Gasteiger partial charge in [-0.3, -0.25) is 14.5 Å². The minimum absolute atomic E-state index is 0.0111. The summed E-state index contributed by atoms with van der Waals surface area (Å²) in [4.78, 5) is 28.5. The number of Topliss-reactive ketones (excluding diaryl/α,β-unsaturated/α-hetero) is 1. The van der Waals surface area contributed by atoms with Gasteiger partial charge in [0.2, 0.25) is 5.13 Å². The minimum Gasteiger partial charge on any atom is -0.507 e. The van der Waals surface area contributed by atoms with Crippen molar-refractivity contribution in [1.82, 2.24) is 10.2 Å². The number of aromatic nitrogens is 2. The molecule has 0 saturated carbocycles. The van der Waals surface area contributed by atoms with E-state index in [-0.39, 0.29) is 16.5 Å². The van der Waals surface area contributed by atoms with Crippen LogP contribution in [0, 0.1) is 13.8 Å². The number of hydrogen-bond donors (Lipinski definition) is 1. The average Bonchev–Trinajstić information content (AvgIpc) is 3.62. The highest BCUT2D eigenvalue weighted by Gasteiger charge is 2.48. The molecule has 45 heavy (non-hydrogen) atoms. The van der Waals surface area contributed by atoms with Crippen LogP contribution in [0.15, 0.2) is 107 Å². The summed E-state index contributed by atoms with van der Waals surface area (Å²) in [5, 5.41) is 21.0. The van der Waals surface area contributed by atoms with Crippen molar-refractivity contribution < 1.29 is 19.4 Å². The first-order chi connectivity index (χ1) is 21.8. The number of ketones is 1. The number of ether oxygens (including phenoxy) is 1. The van der Waals surface area contributed by atoms with E-state index in [2.05, 4.69) is 10.2 Å². The summed E-state index contributed by atoms with van der Waals surface area (Å²) in [6, 6.07) is 29.0. The number of aryl methyl sites for hydroxylation is 2. The number of amides is 1. The monoisotopic (exact) mass is 653 g/mol. The van der Waals surface area contributed by atoms with Gasteiger partial charge in [0.05, 0.1) is 11.6 Å². The van der Waals surface area contributed by atoms with Gasteiger partial charge in [-0.15, -0.1) is 10.2 Å². The summed E-state index contributed by atoms with van der Waals surface area (Å²) in [7, 11) is 0. The number of aliphatic hydroxyl groups is 1. The second-order valence-corrected chi connectivity index (χ2v) is 13.2. The maximum Gasteiger partial charge on any atom is 0.301 e. The molecule has 1 unspecified atom stereocenters. The smallest absolute Gasteiger partial charge is 0.301 e. The Balaban J connectivity index is 1.29. The molecular formula is C35H28ClN3O4S2. The Kier molecular flexibility index (Phi) is 9.02. The van der Waals surface area contributed by atoms with E-state index in [1.807, 2.05) is 86.6 Å². The molecule has 0 aliphatic carbocycles. The third-order valence-electron chi connectivity index (χ3n) is 7.50. The minimum atomic E-state index is -0.885. The van der Waals surface area contributed by atoms with Gasteiger partial charge >= 0.3 is 5.91 Å². The normalized spacial score (nSPS) is 15.9. The summed E-state index contributed by atoms with van der Waals surface area (Å²) in [6.45, 7) is 4.39. The lowest BCUT2D eigenvalue weighted by atomic mass is 9.95. The summed E-state index contributed by atoms with van der Waals surface area (Å²) in [5.41, 5.74) is 5.35. The molecule has 6 rings (SSSR count). The molecule has 226 valence electrons. The third-order valence-corrected chi connectivity index (χ3v) is 9.88. The van der Waals surface area contributed by atoms with Gasteiger partial charge < -0.3 is 9.84 Å². The zero-order valence-corrected chi connectivity index (χ0v) is 26.8. The number of rotatable bonds is 9. The van der Waals surface area contributed by atoms with Crippen LogP contribution in [0.1, 0.15) is 39.4 Å². The average molecular weight is 654 g/mol. The summed E-state index contributed by atoms with van der Waals surface area (Å²) < 4.78 is 6.60. The molecule has 1 N–H and O–H groups in total. The van der Waals surface area contributed by atoms with Crippen molar-refractivity contribution in [2.45, 2.75) is 36.6 Å². The van der Waals surface area contributed by atoms with Crippen LogP contribution in [-0.2, 0) is 21.9 Å². The van der Waals surface area contributed by atoms with Crippen LogP contribution in [0.5, 0.6) is 5.75 Å². The predicted octanol–water partition coefficient (Wildman–Crippen LogP) is 8.31. The SMILES string of the molecule is Cc1ccc(C2C(=C(O)c3ccc(OCc4ccccc4C)cc3)C(=O)C(=O)N2c2nnc(SCc3ccc(Cl)cc3)s2)cc1. The van der Waals surface area contributed by atoms with Gasteiger partial charge in [0.15, 0.2) is 4.34 Å². The fraction of sp³-hybridized carbons (Fsp3) is 0.143. The Morgan fingerprint density at radius 2 is 1.64 bits per heavy atom. The quantitative estimate of drug-likeness (QED) is 0.0562. The molecule has 1 aliphatic rings. The molecule has 1 amide bonds. The Hall–Kier alpha value is -4.44. The van der Waals surface area contributed by atoms with Crippen molar-refractivity contribution in [2.24, 2.45) is 0 Å². The molecule has 5 aromatic rings. The van der Waals surface area contributed by atoms with E-state index in [0.29, 0.717) is 38.6 Å². The molecule has 1 fully saturated rings. The zero-order valence-electron chi connectivity index (χ0n) is 24.4. The highest BCUT2D eigenvalue weighted by molar-refractivity contribution is 8.00. The lowest BCUT2D eigenvalue weighted by Crippen LogP contribution is -2.29. The predicted molar refractivity (Wildman–Crippen MR) is 179 cm³/mol. The van der Waals surface area contributed by atoms with E-state index >= 15 is 0 Å². The summed E-state index contributed by atoms with van der Waals surface area (Å²) in [6.07, 6.45) is 0. The van der Waals surface area contributed by atoms with Gasteiger partial charge in [-0.1, -0.05) is 101 Å². The second-order valence-electron chi connectivity index (χ2n) is 10.6. The van der Waals surface area contributed by atoms with Crippen molar-refractivity contribution >= 4 is 57.3 Å². The van der Waals surface area contributed by atoms with Gasteiger partial charge in [0.1, 0.15) is 18.1 Å². The van der Waals surface area contributed by atoms with E-state index < -0.39 is 17.7 Å². The molecule has 1 saturated heterocycles. The standard InChI is InChI=1S/C35H28ClN3O4S2/c1-21-7-11-24(12-8-21)30-29(31(40)25-13-17-28(18-14-25)43-19-26-6-4-3-5-22(26)2)32(41)33(42)39(30)34-37-38-35(45-34)44-20-23-9-15-27(36)16-10-23/h3-18,30,40H,19-20H2,1-2H3. The van der Waals surface area contributed by atoms with Crippen LogP contribution < -0.4 is 9.64 Å². The van der Waals surface area contributed by atoms with Gasteiger partial charge in [0.25, 0.3) is 5.78 Å². The second kappa shape index (κ2) is 13.3. The van der Waals surface area contributed by atoms with E-state index in [4.69, 9.17) is 16.3 Å². The van der Waals surface area contributed by atoms with E-state index in [0.717, 1.165) is 22.3 Å². The number of aliphatic hydroxyl groups excluding tert-OH is 1. The lowest BCUT2D eigenvalue weighted by Gasteiger charge is -2.22. The third kappa shape index (κ3) is 6.66. The first-order valence-electron chi connectivity index (χ1n) is 14.1. The Labute approximate surface area is 274 Å². The van der Waals surface area contributed by atoms with Crippen molar-refractivity contribution in [3.05, 3.63) is 141 Å². The molecule has 1 atom stereocenters. The molecule has 7 nitrogen and oxygen atoms in total. The number of thioether (sulfide) groups is 1. The highest BCUT2D eigenvalue weighted by atomic mass is 35.5. The van der Waals surface area contributed by atoms with Crippen molar-refractivity contribution in [2.75, 3.05) is 4.90 Å². The first-order valence-corrected chi connectivity index (χ1v) is 16.3. The number of benzene rings is 4. The fourth-order valence-electron chi connectivity index (χ4n) is 4.98. The zero-order chi connectivity index (χ0) is 31.5. The molecule has 0 bridgehead atoms. The molecular weight excluding hydrogens is 626 g/mol. The number of anilines is 1. The number of hydrogen-bond acceptors (Lipinski definition) is 8. The number of nitrogens with zero attached hydrogens (tertiary/aromatic N) is 3. The van der Waals surface area contributed by atoms with Gasteiger partial charge in [-0.25, -0.2) is 0 Å². The van der Waals surface area contributed by atoms with E-state index in [1.54, 1.807) is 24.3 Å². The van der Waals surface area contributed by atoms with Crippen molar-refractivity contribution in [3.8, 4) is 5.75 Å². The van der Waals surface area contributed by atoms with Crippen molar-refractivity contribution in [1.29, 1.82) is 0 Å². The highest BCUT2D eigenvalue weighted by Crippen LogP contribution is 2.44. The number of halogens is 1. The van der Waals surface area contributed by atoms with Crippen LogP contribution >= 0.6 is 34.7 Å². The first kappa shape index (κ1) is 30.6. The summed E-state index contributed by atoms with van der Waals surface area (Å²) >= 11 is 8.70. The molecule has 0 radical (unpaired) electrons. The molecule has 1 aromatic heterocycles. The maximum atomic E-state index is 13.6. The number of carbonyl (C=O) groups excluding carboxylic acids is 2. The van der Waals surface area contributed by atoms with E-state index in [9.17, 15) is 14.7 Å². The van der Waals surface area contributed by atoms with Crippen LogP contribution in [0.2, 0.25) is 5.02 Å². The van der Waals surface area contributed by atoms with Gasteiger partial charge in [-0.2, -0.15) is 0 Å². The fourth-order valence-corrected chi connectivity index (χ4v) is 6.92. The largest absolute Gasteiger partial charge is 0.507 e. The maximum absolute atomic E-state index is 13.6. The molecule has 0 spiro atoms. The van der Waals surface area contributed by atoms with E-state index in [1.165, 1.54) is 28.0 Å². The van der Waals surface area contributed by atoms with Crippen LogP contribution in [0.4, 0.5) is 5.13 Å². The Morgan fingerprint density at radius 3 is 2.36 bits per heavy atom. The van der Waals surface area contributed by atoms with Crippen LogP contribution in [0.25, 0.3) is 5.76 Å². The Morgan fingerprint density at radius 1 is 0.933 bits per heavy atom. The van der Waals surface area contributed by atoms with Gasteiger partial charge in [-0.05, 0) is 72.5 Å². The van der Waals surface area contributed by atoms with Gasteiger partial charge in [0, 0.05) is 16.3 Å². The molecule has 4 aromatic carbocycles.